The Hall–Kier alpha value is -0.893. The number of hydrogen-bond donors (Lipinski definition) is 0. The van der Waals surface area contributed by atoms with Gasteiger partial charge in [0.25, 0.3) is 6.48 Å². The summed E-state index contributed by atoms with van der Waals surface area (Å²) in [5.74, 6) is -2.82. The molecule has 0 amide bonds. The lowest BCUT2D eigenvalue weighted by Crippen LogP contribution is -2.22. The molecule has 0 N–H and O–H groups in total. The standard InChI is InChI=1S/C17H25F3O3Si/c1-3-21-17(22-4-2)23-24-10-8-6-5-7-9-13-11-15(19)16(20)12-14(13)18/h11-12,17H,3-10H2,1-2H3. The van der Waals surface area contributed by atoms with E-state index in [1.54, 1.807) is 0 Å². The molecule has 0 saturated heterocycles. The summed E-state index contributed by atoms with van der Waals surface area (Å²) < 4.78 is 55.4. The Morgan fingerprint density at radius 2 is 1.50 bits per heavy atom. The number of unbranched alkanes of at least 4 members (excludes halogenated alkanes) is 3. The van der Waals surface area contributed by atoms with Gasteiger partial charge in [0.05, 0.1) is 0 Å². The van der Waals surface area contributed by atoms with Gasteiger partial charge in [-0.05, 0) is 44.4 Å². The average Bonchev–Trinajstić information content (AvgIpc) is 2.54. The summed E-state index contributed by atoms with van der Waals surface area (Å²) in [7, 11) is 0.311. The highest BCUT2D eigenvalue weighted by atomic mass is 28.2. The van der Waals surface area contributed by atoms with Gasteiger partial charge in [0.2, 0.25) is 9.76 Å². The monoisotopic (exact) mass is 362 g/mol. The molecule has 0 fully saturated rings. The lowest BCUT2D eigenvalue weighted by molar-refractivity contribution is -0.243. The van der Waals surface area contributed by atoms with Crippen molar-refractivity contribution in [1.29, 1.82) is 0 Å². The third-order valence-electron chi connectivity index (χ3n) is 3.35. The maximum absolute atomic E-state index is 13.5. The maximum Gasteiger partial charge on any atom is 0.261 e. The van der Waals surface area contributed by atoms with E-state index in [-0.39, 0.29) is 5.56 Å². The zero-order valence-corrected chi connectivity index (χ0v) is 15.2. The summed E-state index contributed by atoms with van der Waals surface area (Å²) in [6.45, 7) is 4.25. The van der Waals surface area contributed by atoms with Crippen molar-refractivity contribution >= 4 is 9.76 Å². The van der Waals surface area contributed by atoms with Crippen LogP contribution >= 0.6 is 0 Å². The van der Waals surface area contributed by atoms with Gasteiger partial charge in [-0.2, -0.15) is 0 Å². The molecular formula is C17H25F3O3Si. The molecule has 0 bridgehead atoms. The zero-order valence-electron chi connectivity index (χ0n) is 14.2. The van der Waals surface area contributed by atoms with Crippen molar-refractivity contribution < 1.29 is 27.1 Å². The van der Waals surface area contributed by atoms with Crippen LogP contribution in [0, 0.1) is 17.5 Å². The number of rotatable bonds is 13. The predicted octanol–water partition coefficient (Wildman–Crippen LogP) is 4.62. The molecule has 0 aromatic heterocycles. The van der Waals surface area contributed by atoms with E-state index in [2.05, 4.69) is 0 Å². The Bertz CT molecular complexity index is 469. The largest absolute Gasteiger partial charge is 0.372 e. The molecule has 0 aliphatic carbocycles. The molecule has 7 heteroatoms. The third-order valence-corrected chi connectivity index (χ3v) is 4.27. The Balaban J connectivity index is 2.09. The Morgan fingerprint density at radius 1 is 0.875 bits per heavy atom. The summed E-state index contributed by atoms with van der Waals surface area (Å²) in [5.41, 5.74) is 0.232. The fourth-order valence-corrected chi connectivity index (χ4v) is 2.92. The van der Waals surface area contributed by atoms with Gasteiger partial charge >= 0.3 is 0 Å². The predicted molar refractivity (Wildman–Crippen MR) is 87.2 cm³/mol. The molecule has 0 spiro atoms. The fraction of sp³-hybridized carbons (Fsp3) is 0.647. The summed E-state index contributed by atoms with van der Waals surface area (Å²) in [6.07, 6.45) is 4.04. The van der Waals surface area contributed by atoms with Crippen molar-refractivity contribution in [2.45, 2.75) is 58.5 Å². The van der Waals surface area contributed by atoms with Crippen LogP contribution in [-0.2, 0) is 20.3 Å². The van der Waals surface area contributed by atoms with Gasteiger partial charge in [-0.25, -0.2) is 13.2 Å². The maximum atomic E-state index is 13.5. The zero-order chi connectivity index (χ0) is 17.8. The SMILES string of the molecule is CCOC(OCC)O[Si]CCCCCCc1cc(F)c(F)cc1F. The van der Waals surface area contributed by atoms with Crippen LogP contribution in [0.1, 0.15) is 45.1 Å². The van der Waals surface area contributed by atoms with Gasteiger partial charge in [0.15, 0.2) is 11.6 Å². The van der Waals surface area contributed by atoms with E-state index in [1.807, 2.05) is 13.8 Å². The molecule has 24 heavy (non-hydrogen) atoms. The first-order valence-electron chi connectivity index (χ1n) is 8.33. The molecule has 0 heterocycles. The first-order valence-corrected chi connectivity index (χ1v) is 9.45. The summed E-state index contributed by atoms with van der Waals surface area (Å²) in [5, 5.41) is 0. The molecule has 1 aromatic rings. The van der Waals surface area contributed by atoms with Crippen LogP contribution in [0.5, 0.6) is 0 Å². The minimum absolute atomic E-state index is 0.232. The van der Waals surface area contributed by atoms with Gasteiger partial charge in [-0.15, -0.1) is 0 Å². The van der Waals surface area contributed by atoms with E-state index < -0.39 is 23.9 Å². The van der Waals surface area contributed by atoms with E-state index in [4.69, 9.17) is 13.9 Å². The van der Waals surface area contributed by atoms with E-state index in [1.165, 1.54) is 0 Å². The van der Waals surface area contributed by atoms with Crippen molar-refractivity contribution in [3.63, 3.8) is 0 Å². The van der Waals surface area contributed by atoms with Crippen LogP contribution in [0.3, 0.4) is 0 Å². The second-order valence-corrected chi connectivity index (χ2v) is 6.26. The number of hydrogen-bond acceptors (Lipinski definition) is 3. The van der Waals surface area contributed by atoms with Gasteiger partial charge in [0.1, 0.15) is 5.82 Å². The van der Waals surface area contributed by atoms with Crippen molar-refractivity contribution in [3.8, 4) is 0 Å². The molecular weight excluding hydrogens is 337 g/mol. The molecule has 0 aliphatic rings. The van der Waals surface area contributed by atoms with E-state index in [9.17, 15) is 13.2 Å². The van der Waals surface area contributed by atoms with E-state index >= 15 is 0 Å². The average molecular weight is 362 g/mol. The lowest BCUT2D eigenvalue weighted by atomic mass is 10.1. The smallest absolute Gasteiger partial charge is 0.261 e. The molecule has 2 radical (unpaired) electrons. The molecule has 3 nitrogen and oxygen atoms in total. The lowest BCUT2D eigenvalue weighted by Gasteiger charge is -2.16. The van der Waals surface area contributed by atoms with Gasteiger partial charge < -0.3 is 13.9 Å². The molecule has 0 aliphatic heterocycles. The molecule has 1 rings (SSSR count). The molecule has 136 valence electrons. The van der Waals surface area contributed by atoms with E-state index in [0.29, 0.717) is 35.5 Å². The highest BCUT2D eigenvalue weighted by molar-refractivity contribution is 6.27. The molecule has 1 aromatic carbocycles. The Morgan fingerprint density at radius 3 is 2.17 bits per heavy atom. The van der Waals surface area contributed by atoms with Crippen LogP contribution in [0.4, 0.5) is 13.2 Å². The van der Waals surface area contributed by atoms with Crippen LogP contribution < -0.4 is 0 Å². The first kappa shape index (κ1) is 21.2. The quantitative estimate of drug-likeness (QED) is 0.222. The van der Waals surface area contributed by atoms with Crippen molar-refractivity contribution in [1.82, 2.24) is 0 Å². The second-order valence-electron chi connectivity index (χ2n) is 5.23. The normalized spacial score (nSPS) is 11.4. The van der Waals surface area contributed by atoms with Crippen LogP contribution in [-0.4, -0.2) is 29.5 Å². The number of benzene rings is 1. The number of ether oxygens (including phenoxy) is 2. The highest BCUT2D eigenvalue weighted by Crippen LogP contribution is 2.16. The van der Waals surface area contributed by atoms with Crippen molar-refractivity contribution in [3.05, 3.63) is 35.1 Å². The first-order chi connectivity index (χ1) is 11.6. The summed E-state index contributed by atoms with van der Waals surface area (Å²) in [4.78, 5) is 0. The van der Waals surface area contributed by atoms with Crippen LogP contribution in [0.15, 0.2) is 12.1 Å². The van der Waals surface area contributed by atoms with Gasteiger partial charge in [0, 0.05) is 19.3 Å². The topological polar surface area (TPSA) is 27.7 Å². The minimum Gasteiger partial charge on any atom is -0.372 e. The number of aryl methyl sites for hydroxylation is 1. The Kier molecular flexibility index (Phi) is 11.0. The van der Waals surface area contributed by atoms with Crippen molar-refractivity contribution in [2.24, 2.45) is 0 Å². The molecule has 0 unspecified atom stereocenters. The van der Waals surface area contributed by atoms with E-state index in [0.717, 1.165) is 37.8 Å². The van der Waals surface area contributed by atoms with Gasteiger partial charge in [-0.3, -0.25) is 0 Å². The summed E-state index contributed by atoms with van der Waals surface area (Å²) in [6, 6.07) is 2.47. The summed E-state index contributed by atoms with van der Waals surface area (Å²) >= 11 is 0. The third kappa shape index (κ3) is 8.28. The Labute approximate surface area is 144 Å². The second kappa shape index (κ2) is 12.5. The minimum atomic E-state index is -1.14. The fourth-order valence-electron chi connectivity index (χ4n) is 2.14. The highest BCUT2D eigenvalue weighted by Gasteiger charge is 2.10. The van der Waals surface area contributed by atoms with Crippen LogP contribution in [0.2, 0.25) is 6.04 Å². The molecule has 0 saturated carbocycles. The van der Waals surface area contributed by atoms with Crippen molar-refractivity contribution in [2.75, 3.05) is 13.2 Å². The van der Waals surface area contributed by atoms with Gasteiger partial charge in [-0.1, -0.05) is 19.3 Å². The van der Waals surface area contributed by atoms with Crippen LogP contribution in [0.25, 0.3) is 0 Å². The molecule has 0 atom stereocenters. The number of halogens is 3.